The van der Waals surface area contributed by atoms with Crippen molar-refractivity contribution in [1.29, 1.82) is 0 Å². The number of amides is 1. The van der Waals surface area contributed by atoms with Gasteiger partial charge in [-0.25, -0.2) is 17.1 Å². The molecule has 1 aromatic carbocycles. The van der Waals surface area contributed by atoms with Crippen LogP contribution in [0.1, 0.15) is 18.9 Å². The van der Waals surface area contributed by atoms with Gasteiger partial charge in [0.2, 0.25) is 15.9 Å². The van der Waals surface area contributed by atoms with Crippen LogP contribution in [0.4, 0.5) is 4.39 Å². The molecule has 1 aliphatic heterocycles. The maximum atomic E-state index is 13.7. The standard InChI is InChI=1S/C14H18ClFN2O3S/c1-2-17-14(19)10-5-6-18(8-10)22(20,21)9-11-3-4-12(15)7-13(11)16/h3-4,7,10H,2,5-6,8-9H2,1H3,(H,17,19). The maximum Gasteiger partial charge on any atom is 0.224 e. The van der Waals surface area contributed by atoms with Gasteiger partial charge in [0.1, 0.15) is 5.82 Å². The minimum absolute atomic E-state index is 0.0749. The molecule has 1 saturated heterocycles. The number of nitrogens with one attached hydrogen (secondary N) is 1. The van der Waals surface area contributed by atoms with Crippen molar-refractivity contribution in [2.45, 2.75) is 19.1 Å². The van der Waals surface area contributed by atoms with Crippen LogP contribution in [0.5, 0.6) is 0 Å². The minimum Gasteiger partial charge on any atom is -0.356 e. The summed E-state index contributed by atoms with van der Waals surface area (Å²) in [4.78, 5) is 11.8. The molecule has 1 unspecified atom stereocenters. The van der Waals surface area contributed by atoms with Crippen LogP contribution < -0.4 is 5.32 Å². The number of halogens is 2. The number of sulfonamides is 1. The molecule has 122 valence electrons. The summed E-state index contributed by atoms with van der Waals surface area (Å²) >= 11 is 5.65. The first kappa shape index (κ1) is 17.2. The number of hydrogen-bond acceptors (Lipinski definition) is 3. The van der Waals surface area contributed by atoms with E-state index in [1.54, 1.807) is 0 Å². The highest BCUT2D eigenvalue weighted by Crippen LogP contribution is 2.23. The second kappa shape index (κ2) is 6.93. The molecule has 22 heavy (non-hydrogen) atoms. The largest absolute Gasteiger partial charge is 0.356 e. The van der Waals surface area contributed by atoms with Gasteiger partial charge in [-0.15, -0.1) is 0 Å². The average Bonchev–Trinajstić information content (AvgIpc) is 2.93. The van der Waals surface area contributed by atoms with Crippen LogP contribution in [0.2, 0.25) is 5.02 Å². The number of rotatable bonds is 5. The third-order valence-corrected chi connectivity index (χ3v) is 5.65. The van der Waals surface area contributed by atoms with Gasteiger partial charge in [-0.3, -0.25) is 4.79 Å². The van der Waals surface area contributed by atoms with E-state index >= 15 is 0 Å². The van der Waals surface area contributed by atoms with E-state index < -0.39 is 21.6 Å². The van der Waals surface area contributed by atoms with E-state index in [2.05, 4.69) is 5.32 Å². The Labute approximate surface area is 134 Å². The Hall–Kier alpha value is -1.18. The Balaban J connectivity index is 2.07. The van der Waals surface area contributed by atoms with E-state index in [1.807, 2.05) is 6.92 Å². The van der Waals surface area contributed by atoms with Crippen molar-refractivity contribution in [1.82, 2.24) is 9.62 Å². The van der Waals surface area contributed by atoms with Crippen molar-refractivity contribution in [2.75, 3.05) is 19.6 Å². The van der Waals surface area contributed by atoms with Crippen molar-refractivity contribution in [3.8, 4) is 0 Å². The van der Waals surface area contributed by atoms with E-state index in [1.165, 1.54) is 16.4 Å². The predicted octanol–water partition coefficient (Wildman–Crippen LogP) is 1.77. The van der Waals surface area contributed by atoms with Crippen LogP contribution in [0.25, 0.3) is 0 Å². The van der Waals surface area contributed by atoms with Crippen LogP contribution in [0.15, 0.2) is 18.2 Å². The summed E-state index contributed by atoms with van der Waals surface area (Å²) in [6.07, 6.45) is 0.480. The summed E-state index contributed by atoms with van der Waals surface area (Å²) in [5.74, 6) is -1.56. The van der Waals surface area contributed by atoms with E-state index in [9.17, 15) is 17.6 Å². The lowest BCUT2D eigenvalue weighted by molar-refractivity contribution is -0.124. The fourth-order valence-corrected chi connectivity index (χ4v) is 4.20. The third-order valence-electron chi connectivity index (χ3n) is 3.62. The maximum absolute atomic E-state index is 13.7. The molecule has 0 aromatic heterocycles. The van der Waals surface area contributed by atoms with Gasteiger partial charge in [0.15, 0.2) is 0 Å². The van der Waals surface area contributed by atoms with Crippen molar-refractivity contribution in [3.05, 3.63) is 34.6 Å². The average molecular weight is 349 g/mol. The fourth-order valence-electron chi connectivity index (χ4n) is 2.44. The summed E-state index contributed by atoms with van der Waals surface area (Å²) in [5, 5.41) is 2.91. The number of carbonyl (C=O) groups excluding carboxylic acids is 1. The molecule has 8 heteroatoms. The van der Waals surface area contributed by atoms with Gasteiger partial charge in [0, 0.05) is 30.2 Å². The molecule has 1 heterocycles. The van der Waals surface area contributed by atoms with Crippen molar-refractivity contribution < 1.29 is 17.6 Å². The van der Waals surface area contributed by atoms with Crippen molar-refractivity contribution >= 4 is 27.5 Å². The Kier molecular flexibility index (Phi) is 5.41. The zero-order valence-corrected chi connectivity index (χ0v) is 13.8. The first-order chi connectivity index (χ1) is 10.3. The second-order valence-corrected chi connectivity index (χ2v) is 7.64. The zero-order chi connectivity index (χ0) is 16.3. The topological polar surface area (TPSA) is 66.5 Å². The molecule has 1 atom stereocenters. The third kappa shape index (κ3) is 3.97. The molecule has 0 bridgehead atoms. The highest BCUT2D eigenvalue weighted by atomic mass is 35.5. The number of carbonyl (C=O) groups is 1. The molecule has 5 nitrogen and oxygen atoms in total. The molecule has 1 aliphatic rings. The molecule has 2 rings (SSSR count). The first-order valence-corrected chi connectivity index (χ1v) is 9.01. The molecular weight excluding hydrogens is 331 g/mol. The molecular formula is C14H18ClFN2O3S. The van der Waals surface area contributed by atoms with Gasteiger partial charge in [-0.1, -0.05) is 17.7 Å². The quantitative estimate of drug-likeness (QED) is 0.881. The highest BCUT2D eigenvalue weighted by Gasteiger charge is 2.35. The molecule has 0 saturated carbocycles. The van der Waals surface area contributed by atoms with E-state index in [0.717, 1.165) is 6.07 Å². The monoisotopic (exact) mass is 348 g/mol. The molecule has 1 aromatic rings. The van der Waals surface area contributed by atoms with Crippen molar-refractivity contribution in [2.24, 2.45) is 5.92 Å². The van der Waals surface area contributed by atoms with Gasteiger partial charge >= 0.3 is 0 Å². The fraction of sp³-hybridized carbons (Fsp3) is 0.500. The van der Waals surface area contributed by atoms with Gasteiger partial charge in [0.05, 0.1) is 11.7 Å². The Morgan fingerprint density at radius 3 is 2.86 bits per heavy atom. The number of benzene rings is 1. The predicted molar refractivity (Wildman–Crippen MR) is 82.4 cm³/mol. The molecule has 0 spiro atoms. The molecule has 1 amide bonds. The summed E-state index contributed by atoms with van der Waals surface area (Å²) in [6.45, 7) is 2.74. The lowest BCUT2D eigenvalue weighted by Crippen LogP contribution is -2.35. The van der Waals surface area contributed by atoms with Gasteiger partial charge in [-0.05, 0) is 25.5 Å². The van der Waals surface area contributed by atoms with Crippen LogP contribution in [-0.4, -0.2) is 38.3 Å². The Bertz CT molecular complexity index is 666. The SMILES string of the molecule is CCNC(=O)C1CCN(S(=O)(=O)Cc2ccc(Cl)cc2F)C1. The van der Waals surface area contributed by atoms with Gasteiger partial charge in [-0.2, -0.15) is 0 Å². The van der Waals surface area contributed by atoms with Crippen LogP contribution in [0.3, 0.4) is 0 Å². The van der Waals surface area contributed by atoms with E-state index in [0.29, 0.717) is 13.0 Å². The van der Waals surface area contributed by atoms with E-state index in [4.69, 9.17) is 11.6 Å². The lowest BCUT2D eigenvalue weighted by atomic mass is 10.1. The normalized spacial score (nSPS) is 19.3. The van der Waals surface area contributed by atoms with E-state index in [-0.39, 0.29) is 35.5 Å². The van der Waals surface area contributed by atoms with Crippen LogP contribution in [0, 0.1) is 11.7 Å². The first-order valence-electron chi connectivity index (χ1n) is 7.03. The summed E-state index contributed by atoms with van der Waals surface area (Å²) in [7, 11) is -3.66. The summed E-state index contributed by atoms with van der Waals surface area (Å²) in [5.41, 5.74) is 0.0749. The minimum atomic E-state index is -3.66. The summed E-state index contributed by atoms with van der Waals surface area (Å²) < 4.78 is 39.7. The van der Waals surface area contributed by atoms with Gasteiger partial charge < -0.3 is 5.32 Å². The molecule has 0 aliphatic carbocycles. The van der Waals surface area contributed by atoms with Gasteiger partial charge in [0.25, 0.3) is 0 Å². The number of hydrogen-bond donors (Lipinski definition) is 1. The molecule has 0 radical (unpaired) electrons. The zero-order valence-electron chi connectivity index (χ0n) is 12.2. The number of nitrogens with zero attached hydrogens (tertiary/aromatic N) is 1. The Morgan fingerprint density at radius 1 is 1.50 bits per heavy atom. The lowest BCUT2D eigenvalue weighted by Gasteiger charge is -2.17. The Morgan fingerprint density at radius 2 is 2.23 bits per heavy atom. The van der Waals surface area contributed by atoms with Crippen LogP contribution in [-0.2, 0) is 20.6 Å². The smallest absolute Gasteiger partial charge is 0.224 e. The second-order valence-electron chi connectivity index (χ2n) is 5.23. The highest BCUT2D eigenvalue weighted by molar-refractivity contribution is 7.88. The van der Waals surface area contributed by atoms with Crippen LogP contribution >= 0.6 is 11.6 Å². The van der Waals surface area contributed by atoms with Crippen molar-refractivity contribution in [3.63, 3.8) is 0 Å². The molecule has 1 fully saturated rings. The summed E-state index contributed by atoms with van der Waals surface area (Å²) in [6, 6.07) is 3.91. The molecule has 1 N–H and O–H groups in total.